The molecule has 1 aliphatic carbocycles. The van der Waals surface area contributed by atoms with Crippen LogP contribution in [0.15, 0.2) is 35.6 Å². The lowest BCUT2D eigenvalue weighted by Crippen LogP contribution is -2.39. The summed E-state index contributed by atoms with van der Waals surface area (Å²) in [5, 5.41) is 10.0. The summed E-state index contributed by atoms with van der Waals surface area (Å²) in [6.07, 6.45) is 4.21. The molecule has 2 aliphatic heterocycles. The average Bonchev–Trinajstić information content (AvgIpc) is 3.36. The molecule has 1 amide bonds. The van der Waals surface area contributed by atoms with Gasteiger partial charge in [-0.1, -0.05) is 43.7 Å². The molecule has 1 fully saturated rings. The Morgan fingerprint density at radius 1 is 1.22 bits per heavy atom. The van der Waals surface area contributed by atoms with E-state index < -0.39 is 6.04 Å². The Labute approximate surface area is 191 Å². The molecule has 1 aromatic carbocycles. The maximum Gasteiger partial charge on any atom is 0.296 e. The van der Waals surface area contributed by atoms with Crippen LogP contribution in [0.4, 0.5) is 5.13 Å². The topological polar surface area (TPSA) is 81.6 Å². The number of Topliss-reactive ketones (excluding diaryl/α,β-unsaturated/α-hetero) is 1. The molecule has 3 unspecified atom stereocenters. The smallest absolute Gasteiger partial charge is 0.296 e. The van der Waals surface area contributed by atoms with Crippen molar-refractivity contribution in [1.82, 2.24) is 10.2 Å². The van der Waals surface area contributed by atoms with Crippen molar-refractivity contribution in [1.29, 1.82) is 0 Å². The van der Waals surface area contributed by atoms with Crippen molar-refractivity contribution in [3.05, 3.63) is 46.2 Å². The molecule has 168 valence electrons. The molecule has 5 rings (SSSR count). The van der Waals surface area contributed by atoms with E-state index in [1.165, 1.54) is 11.3 Å². The van der Waals surface area contributed by atoms with Crippen LogP contribution in [0.2, 0.25) is 0 Å². The first-order valence-electron chi connectivity index (χ1n) is 11.2. The molecule has 3 aliphatic rings. The van der Waals surface area contributed by atoms with Crippen molar-refractivity contribution < 1.29 is 19.1 Å². The van der Waals surface area contributed by atoms with Gasteiger partial charge in [-0.25, -0.2) is 0 Å². The Kier molecular flexibility index (Phi) is 5.49. The highest BCUT2D eigenvalue weighted by Crippen LogP contribution is 2.49. The number of carbonyl (C=O) groups is 2. The quantitative estimate of drug-likeness (QED) is 0.673. The number of ketones is 1. The summed E-state index contributed by atoms with van der Waals surface area (Å²) < 4.78 is 11.6. The maximum atomic E-state index is 13.7. The number of carbonyl (C=O) groups excluding carboxylic acids is 2. The van der Waals surface area contributed by atoms with Gasteiger partial charge in [0, 0.05) is 6.42 Å². The first-order chi connectivity index (χ1) is 15.5. The summed E-state index contributed by atoms with van der Waals surface area (Å²) >= 11 is 1.40. The van der Waals surface area contributed by atoms with Crippen molar-refractivity contribution in [2.24, 2.45) is 11.8 Å². The Balaban J connectivity index is 1.61. The van der Waals surface area contributed by atoms with Gasteiger partial charge in [-0.05, 0) is 42.9 Å². The molecule has 0 bridgehead atoms. The van der Waals surface area contributed by atoms with E-state index in [1.54, 1.807) is 12.0 Å². The first kappa shape index (κ1) is 21.1. The van der Waals surface area contributed by atoms with Gasteiger partial charge in [-0.3, -0.25) is 14.5 Å². The second-order valence-corrected chi connectivity index (χ2v) is 10.1. The number of amides is 1. The van der Waals surface area contributed by atoms with Crippen LogP contribution in [0.25, 0.3) is 0 Å². The Bertz CT molecular complexity index is 1090. The van der Waals surface area contributed by atoms with E-state index in [9.17, 15) is 9.59 Å². The van der Waals surface area contributed by atoms with E-state index >= 15 is 0 Å². The summed E-state index contributed by atoms with van der Waals surface area (Å²) in [4.78, 5) is 28.9. The van der Waals surface area contributed by atoms with Crippen LogP contribution in [0.1, 0.15) is 56.1 Å². The van der Waals surface area contributed by atoms with Gasteiger partial charge in [-0.15, -0.1) is 10.2 Å². The summed E-state index contributed by atoms with van der Waals surface area (Å²) in [5.74, 6) is 0.824. The van der Waals surface area contributed by atoms with Crippen molar-refractivity contribution in [3.63, 3.8) is 0 Å². The van der Waals surface area contributed by atoms with Gasteiger partial charge in [0.05, 0.1) is 24.6 Å². The number of benzene rings is 1. The predicted molar refractivity (Wildman–Crippen MR) is 121 cm³/mol. The molecular formula is C24H27N3O4S. The summed E-state index contributed by atoms with van der Waals surface area (Å²) in [7, 11) is 1.60. The zero-order chi connectivity index (χ0) is 22.4. The third-order valence-electron chi connectivity index (χ3n) is 6.42. The van der Waals surface area contributed by atoms with Crippen LogP contribution in [0, 0.1) is 11.8 Å². The number of fused-ring (bicyclic) bond motifs is 1. The molecule has 7 nitrogen and oxygen atoms in total. The lowest BCUT2D eigenvalue weighted by atomic mass is 9.77. The average molecular weight is 454 g/mol. The van der Waals surface area contributed by atoms with Gasteiger partial charge in [-0.2, -0.15) is 0 Å². The van der Waals surface area contributed by atoms with E-state index in [1.807, 2.05) is 24.3 Å². The van der Waals surface area contributed by atoms with Gasteiger partial charge in [0.15, 0.2) is 11.5 Å². The molecule has 0 spiro atoms. The van der Waals surface area contributed by atoms with Crippen LogP contribution in [-0.4, -0.2) is 35.1 Å². The van der Waals surface area contributed by atoms with Gasteiger partial charge >= 0.3 is 0 Å². The number of anilines is 1. The van der Waals surface area contributed by atoms with E-state index in [0.29, 0.717) is 22.4 Å². The highest BCUT2D eigenvalue weighted by Gasteiger charge is 2.53. The normalized spacial score (nSPS) is 25.1. The van der Waals surface area contributed by atoms with Crippen LogP contribution in [-0.2, 0) is 20.7 Å². The van der Waals surface area contributed by atoms with Crippen molar-refractivity contribution >= 4 is 28.2 Å². The van der Waals surface area contributed by atoms with E-state index in [4.69, 9.17) is 9.47 Å². The van der Waals surface area contributed by atoms with E-state index in [-0.39, 0.29) is 29.5 Å². The summed E-state index contributed by atoms with van der Waals surface area (Å²) in [6, 6.07) is 6.92. The molecule has 3 heterocycles. The number of hydrogen-bond acceptors (Lipinski definition) is 7. The molecule has 2 aromatic rings. The molecular weight excluding hydrogens is 426 g/mol. The number of nitrogens with zero attached hydrogens (tertiary/aromatic N) is 3. The fraction of sp³-hybridized carbons (Fsp3) is 0.500. The number of hydrogen-bond donors (Lipinski definition) is 0. The molecule has 8 heteroatoms. The van der Waals surface area contributed by atoms with Crippen molar-refractivity contribution in [2.75, 3.05) is 12.0 Å². The van der Waals surface area contributed by atoms with Crippen molar-refractivity contribution in [3.8, 4) is 5.75 Å². The number of ether oxygens (including phenoxy) is 2. The molecule has 0 N–H and O–H groups in total. The first-order valence-corrected chi connectivity index (χ1v) is 12.0. The van der Waals surface area contributed by atoms with E-state index in [2.05, 4.69) is 24.0 Å². The molecule has 1 saturated carbocycles. The van der Waals surface area contributed by atoms with Crippen LogP contribution in [0.3, 0.4) is 0 Å². The fourth-order valence-corrected chi connectivity index (χ4v) is 6.02. The standard InChI is InChI=1S/C24H27N3O4S/c1-13(2)11-18-25-26-24(32-18)27-20(14-7-6-8-15(12-14)30-3)19-21(28)16-9-4-5-10-17(16)31-22(19)23(27)29/h6-8,12-13,16-17,20H,4-5,9-11H2,1-3H3. The Hall–Kier alpha value is -2.74. The van der Waals surface area contributed by atoms with E-state index in [0.717, 1.165) is 42.7 Å². The minimum absolute atomic E-state index is 0.0338. The molecule has 0 saturated heterocycles. The Morgan fingerprint density at radius 3 is 2.81 bits per heavy atom. The third kappa shape index (κ3) is 3.50. The zero-order valence-electron chi connectivity index (χ0n) is 18.5. The lowest BCUT2D eigenvalue weighted by molar-refractivity contribution is -0.131. The third-order valence-corrected chi connectivity index (χ3v) is 7.36. The monoisotopic (exact) mass is 453 g/mol. The highest BCUT2D eigenvalue weighted by molar-refractivity contribution is 7.15. The largest absolute Gasteiger partial charge is 0.497 e. The minimum atomic E-state index is -0.595. The van der Waals surface area contributed by atoms with Crippen LogP contribution >= 0.6 is 11.3 Å². The van der Waals surface area contributed by atoms with Gasteiger partial charge in [0.2, 0.25) is 5.13 Å². The van der Waals surface area contributed by atoms with Gasteiger partial charge < -0.3 is 9.47 Å². The van der Waals surface area contributed by atoms with Gasteiger partial charge in [0.1, 0.15) is 16.9 Å². The predicted octanol–water partition coefficient (Wildman–Crippen LogP) is 4.25. The Morgan fingerprint density at radius 2 is 2.03 bits per heavy atom. The summed E-state index contributed by atoms with van der Waals surface area (Å²) in [6.45, 7) is 4.24. The maximum absolute atomic E-state index is 13.7. The van der Waals surface area contributed by atoms with Crippen molar-refractivity contribution in [2.45, 2.75) is 58.1 Å². The highest BCUT2D eigenvalue weighted by atomic mass is 32.1. The second-order valence-electron chi connectivity index (χ2n) is 9.08. The number of aromatic nitrogens is 2. The van der Waals surface area contributed by atoms with Gasteiger partial charge in [0.25, 0.3) is 5.91 Å². The lowest BCUT2D eigenvalue weighted by Gasteiger charge is -2.35. The zero-order valence-corrected chi connectivity index (χ0v) is 19.4. The SMILES string of the molecule is COc1cccc(C2C3=C(OC4CCCCC4C3=O)C(=O)N2c2nnc(CC(C)C)s2)c1. The molecule has 32 heavy (non-hydrogen) atoms. The van der Waals surface area contributed by atoms with Crippen LogP contribution in [0.5, 0.6) is 5.75 Å². The second kappa shape index (κ2) is 8.31. The number of rotatable bonds is 5. The molecule has 1 aromatic heterocycles. The number of methoxy groups -OCH3 is 1. The molecule has 3 atom stereocenters. The molecule has 0 radical (unpaired) electrons. The fourth-order valence-electron chi connectivity index (χ4n) is 4.94. The van der Waals surface area contributed by atoms with Crippen LogP contribution < -0.4 is 9.64 Å². The summed E-state index contributed by atoms with van der Waals surface area (Å²) in [5.41, 5.74) is 1.25. The minimum Gasteiger partial charge on any atom is -0.497 e.